The maximum atomic E-state index is 12.9. The largest absolute Gasteiger partial charge is 0.342 e. The highest BCUT2D eigenvalue weighted by molar-refractivity contribution is 7.18. The average molecular weight is 482 g/mol. The number of amides is 3. The predicted octanol–water partition coefficient (Wildman–Crippen LogP) is 3.83. The Morgan fingerprint density at radius 2 is 1.94 bits per heavy atom. The van der Waals surface area contributed by atoms with Crippen molar-refractivity contribution in [2.45, 2.75) is 46.6 Å². The number of aryl methyl sites for hydroxylation is 4. The Hall–Kier alpha value is -3.20. The van der Waals surface area contributed by atoms with Gasteiger partial charge in [-0.15, -0.1) is 11.3 Å². The van der Waals surface area contributed by atoms with E-state index in [0.29, 0.717) is 31.6 Å². The second-order valence-corrected chi connectivity index (χ2v) is 10.2. The number of thiophene rings is 1. The molecule has 3 amide bonds. The number of carbonyl (C=O) groups is 2. The van der Waals surface area contributed by atoms with Crippen LogP contribution in [0.1, 0.15) is 35.3 Å². The average Bonchev–Trinajstić information content (AvgIpc) is 3.12. The zero-order valence-corrected chi connectivity index (χ0v) is 20.7. The van der Waals surface area contributed by atoms with Crippen LogP contribution in [0.5, 0.6) is 0 Å². The van der Waals surface area contributed by atoms with Gasteiger partial charge in [0, 0.05) is 43.2 Å². The topological polar surface area (TPSA) is 96.3 Å². The van der Waals surface area contributed by atoms with Crippen LogP contribution in [-0.2, 0) is 11.3 Å². The normalized spacial score (nSPS) is 16.0. The van der Waals surface area contributed by atoms with E-state index in [-0.39, 0.29) is 29.8 Å². The van der Waals surface area contributed by atoms with Gasteiger partial charge in [-0.1, -0.05) is 17.7 Å². The number of carbonyl (C=O) groups excluding carboxylic acids is 2. The second-order valence-electron chi connectivity index (χ2n) is 9.01. The second kappa shape index (κ2) is 10.4. The van der Waals surface area contributed by atoms with Crippen molar-refractivity contribution in [1.82, 2.24) is 19.8 Å². The van der Waals surface area contributed by atoms with Crippen LogP contribution in [-0.4, -0.2) is 46.0 Å². The lowest BCUT2D eigenvalue weighted by Gasteiger charge is -2.33. The number of piperidine rings is 1. The fourth-order valence-electron chi connectivity index (χ4n) is 4.31. The molecule has 1 aliphatic heterocycles. The Morgan fingerprint density at radius 3 is 2.71 bits per heavy atom. The number of urea groups is 1. The van der Waals surface area contributed by atoms with Crippen molar-refractivity contribution in [2.24, 2.45) is 5.92 Å². The third-order valence-electron chi connectivity index (χ3n) is 6.45. The smallest absolute Gasteiger partial charge is 0.319 e. The van der Waals surface area contributed by atoms with Crippen molar-refractivity contribution in [1.29, 1.82) is 0 Å². The minimum absolute atomic E-state index is 0.0269. The standard InChI is InChI=1S/C25H31N5O3S/c1-16-6-8-20(9-7-16)28-25(33)26-13-19-5-4-11-29(14-19)21(31)10-12-30-15-27-23-22(24(30)32)17(2)18(3)34-23/h6-9,15,19H,4-5,10-14H2,1-3H3,(H2,26,28,33). The molecule has 0 aliphatic carbocycles. The summed E-state index contributed by atoms with van der Waals surface area (Å²) >= 11 is 1.52. The van der Waals surface area contributed by atoms with Gasteiger partial charge in [-0.25, -0.2) is 9.78 Å². The summed E-state index contributed by atoms with van der Waals surface area (Å²) in [6.45, 7) is 8.07. The van der Waals surface area contributed by atoms with Crippen LogP contribution in [0.4, 0.5) is 10.5 Å². The number of likely N-dealkylation sites (tertiary alicyclic amines) is 1. The van der Waals surface area contributed by atoms with Crippen molar-refractivity contribution in [3.05, 3.63) is 57.0 Å². The molecule has 9 heteroatoms. The van der Waals surface area contributed by atoms with Gasteiger partial charge in [0.25, 0.3) is 5.56 Å². The van der Waals surface area contributed by atoms with E-state index in [1.807, 2.05) is 49.9 Å². The molecule has 1 saturated heterocycles. The predicted molar refractivity (Wildman–Crippen MR) is 135 cm³/mol. The molecule has 0 bridgehead atoms. The number of hydrogen-bond acceptors (Lipinski definition) is 5. The van der Waals surface area contributed by atoms with Crippen molar-refractivity contribution in [3.63, 3.8) is 0 Å². The van der Waals surface area contributed by atoms with Gasteiger partial charge in [0.1, 0.15) is 4.83 Å². The van der Waals surface area contributed by atoms with E-state index in [1.54, 1.807) is 6.33 Å². The lowest BCUT2D eigenvalue weighted by molar-refractivity contribution is -0.133. The van der Waals surface area contributed by atoms with Crippen LogP contribution in [0.3, 0.4) is 0 Å². The molecule has 180 valence electrons. The molecule has 3 heterocycles. The summed E-state index contributed by atoms with van der Waals surface area (Å²) in [5, 5.41) is 6.42. The van der Waals surface area contributed by atoms with Crippen molar-refractivity contribution in [3.8, 4) is 0 Å². The summed E-state index contributed by atoms with van der Waals surface area (Å²) in [7, 11) is 0. The molecule has 8 nitrogen and oxygen atoms in total. The summed E-state index contributed by atoms with van der Waals surface area (Å²) < 4.78 is 1.54. The molecular weight excluding hydrogens is 450 g/mol. The fourth-order valence-corrected chi connectivity index (χ4v) is 5.30. The molecule has 1 aromatic carbocycles. The van der Waals surface area contributed by atoms with E-state index >= 15 is 0 Å². The number of rotatable bonds is 6. The zero-order chi connectivity index (χ0) is 24.2. The molecule has 34 heavy (non-hydrogen) atoms. The lowest BCUT2D eigenvalue weighted by Crippen LogP contribution is -2.44. The number of nitrogens with one attached hydrogen (secondary N) is 2. The first-order valence-electron chi connectivity index (χ1n) is 11.7. The molecular formula is C25H31N5O3S. The number of nitrogens with zero attached hydrogens (tertiary/aromatic N) is 3. The first-order valence-corrected chi connectivity index (χ1v) is 12.5. The van der Waals surface area contributed by atoms with Gasteiger partial charge in [-0.2, -0.15) is 0 Å². The molecule has 2 N–H and O–H groups in total. The van der Waals surface area contributed by atoms with Gasteiger partial charge in [0.2, 0.25) is 5.91 Å². The van der Waals surface area contributed by atoms with Gasteiger partial charge < -0.3 is 15.5 Å². The molecule has 3 aromatic rings. The maximum Gasteiger partial charge on any atom is 0.319 e. The van der Waals surface area contributed by atoms with Gasteiger partial charge in [0.05, 0.1) is 11.7 Å². The molecule has 1 atom stereocenters. The van der Waals surface area contributed by atoms with Crippen LogP contribution in [0.15, 0.2) is 35.4 Å². The lowest BCUT2D eigenvalue weighted by atomic mass is 9.97. The molecule has 1 unspecified atom stereocenters. The molecule has 0 radical (unpaired) electrons. The Kier molecular flexibility index (Phi) is 7.31. The number of fused-ring (bicyclic) bond motifs is 1. The van der Waals surface area contributed by atoms with E-state index < -0.39 is 0 Å². The zero-order valence-electron chi connectivity index (χ0n) is 19.9. The van der Waals surface area contributed by atoms with Crippen LogP contribution in [0.25, 0.3) is 10.2 Å². The highest BCUT2D eigenvalue weighted by Crippen LogP contribution is 2.25. The van der Waals surface area contributed by atoms with Gasteiger partial charge in [-0.05, 0) is 57.2 Å². The van der Waals surface area contributed by atoms with Crippen LogP contribution in [0.2, 0.25) is 0 Å². The Bertz CT molecular complexity index is 1250. The van der Waals surface area contributed by atoms with E-state index in [9.17, 15) is 14.4 Å². The highest BCUT2D eigenvalue weighted by atomic mass is 32.1. The fraction of sp³-hybridized carbons (Fsp3) is 0.440. The quantitative estimate of drug-likeness (QED) is 0.559. The highest BCUT2D eigenvalue weighted by Gasteiger charge is 2.24. The Morgan fingerprint density at radius 1 is 1.18 bits per heavy atom. The van der Waals surface area contributed by atoms with Crippen molar-refractivity contribution in [2.75, 3.05) is 25.0 Å². The van der Waals surface area contributed by atoms with E-state index in [4.69, 9.17) is 0 Å². The molecule has 4 rings (SSSR count). The van der Waals surface area contributed by atoms with Crippen LogP contribution in [0, 0.1) is 26.7 Å². The minimum Gasteiger partial charge on any atom is -0.342 e. The maximum absolute atomic E-state index is 12.9. The van der Waals surface area contributed by atoms with Gasteiger partial charge in [-0.3, -0.25) is 14.2 Å². The molecule has 0 saturated carbocycles. The van der Waals surface area contributed by atoms with E-state index in [2.05, 4.69) is 15.6 Å². The van der Waals surface area contributed by atoms with Gasteiger partial charge in [0.15, 0.2) is 0 Å². The first kappa shape index (κ1) is 23.9. The van der Waals surface area contributed by atoms with E-state index in [0.717, 1.165) is 39.4 Å². The van der Waals surface area contributed by atoms with Crippen molar-refractivity contribution < 1.29 is 9.59 Å². The summed E-state index contributed by atoms with van der Waals surface area (Å²) in [5.41, 5.74) is 2.77. The number of benzene rings is 1. The van der Waals surface area contributed by atoms with E-state index in [1.165, 1.54) is 15.9 Å². The summed E-state index contributed by atoms with van der Waals surface area (Å²) in [5.74, 6) is 0.234. The molecule has 0 spiro atoms. The molecule has 1 fully saturated rings. The SMILES string of the molecule is Cc1ccc(NC(=O)NCC2CCCN(C(=O)CCn3cnc4sc(C)c(C)c4c3=O)C2)cc1. The van der Waals surface area contributed by atoms with Crippen molar-refractivity contribution >= 4 is 39.2 Å². The van der Waals surface area contributed by atoms with Crippen LogP contribution >= 0.6 is 11.3 Å². The van der Waals surface area contributed by atoms with Gasteiger partial charge >= 0.3 is 6.03 Å². The Balaban J connectivity index is 1.28. The third kappa shape index (κ3) is 5.47. The molecule has 1 aliphatic rings. The summed E-state index contributed by atoms with van der Waals surface area (Å²) in [6.07, 6.45) is 3.66. The summed E-state index contributed by atoms with van der Waals surface area (Å²) in [4.78, 5) is 46.1. The monoisotopic (exact) mass is 481 g/mol. The first-order chi connectivity index (χ1) is 16.3. The number of hydrogen-bond donors (Lipinski definition) is 2. The number of aromatic nitrogens is 2. The minimum atomic E-state index is -0.242. The Labute approximate surface area is 203 Å². The van der Waals surface area contributed by atoms with Crippen LogP contribution < -0.4 is 16.2 Å². The third-order valence-corrected chi connectivity index (χ3v) is 7.57. The molecule has 2 aromatic heterocycles. The number of anilines is 1. The summed E-state index contributed by atoms with van der Waals surface area (Å²) in [6, 6.07) is 7.40.